The highest BCUT2D eigenvalue weighted by Gasteiger charge is 2.41. The number of ether oxygens (including phenoxy) is 6. The molecule has 0 aromatic carbocycles. The molecule has 3 rings (SSSR count). The van der Waals surface area contributed by atoms with Crippen molar-refractivity contribution in [1.82, 2.24) is 0 Å². The Balaban J connectivity index is 1.52. The zero-order valence-electron chi connectivity index (χ0n) is 19.1. The van der Waals surface area contributed by atoms with E-state index in [9.17, 15) is 15.3 Å². The van der Waals surface area contributed by atoms with Crippen LogP contribution in [0.2, 0.25) is 0 Å². The quantitative estimate of drug-likeness (QED) is 0.499. The molecular formula is C22H40O9. The normalized spacial score (nSPS) is 44.5. The summed E-state index contributed by atoms with van der Waals surface area (Å²) in [6.45, 7) is 6.29. The fraction of sp³-hybridized carbons (Fsp3) is 1.00. The van der Waals surface area contributed by atoms with Crippen LogP contribution in [0.4, 0.5) is 0 Å². The van der Waals surface area contributed by atoms with Crippen molar-refractivity contribution in [2.45, 2.75) is 114 Å². The van der Waals surface area contributed by atoms with Gasteiger partial charge in [-0.2, -0.15) is 0 Å². The van der Waals surface area contributed by atoms with Gasteiger partial charge in [0.25, 0.3) is 0 Å². The topological polar surface area (TPSA) is 116 Å². The van der Waals surface area contributed by atoms with Gasteiger partial charge in [-0.05, 0) is 12.8 Å². The molecule has 31 heavy (non-hydrogen) atoms. The smallest absolute Gasteiger partial charge is 0.161 e. The maximum absolute atomic E-state index is 10.4. The Labute approximate surface area is 184 Å². The van der Waals surface area contributed by atoms with Crippen molar-refractivity contribution in [3.8, 4) is 0 Å². The average Bonchev–Trinajstić information content (AvgIpc) is 2.72. The Bertz CT molecular complexity index is 533. The molecule has 0 amide bonds. The molecule has 0 aromatic rings. The first-order valence-corrected chi connectivity index (χ1v) is 11.5. The molecule has 3 fully saturated rings. The molecule has 0 radical (unpaired) electrons. The minimum Gasteiger partial charge on any atom is -0.394 e. The molecule has 0 spiro atoms. The summed E-state index contributed by atoms with van der Waals surface area (Å²) in [6.07, 6.45) is -1.30. The summed E-state index contributed by atoms with van der Waals surface area (Å²) in [5, 5.41) is 29.6. The van der Waals surface area contributed by atoms with Crippen LogP contribution in [0.1, 0.15) is 52.9 Å². The minimum atomic E-state index is -0.611. The van der Waals surface area contributed by atoms with E-state index in [1.807, 2.05) is 6.92 Å². The van der Waals surface area contributed by atoms with Crippen LogP contribution in [0.15, 0.2) is 0 Å². The molecule has 3 aliphatic rings. The number of rotatable bonds is 8. The highest BCUT2D eigenvalue weighted by Crippen LogP contribution is 2.32. The van der Waals surface area contributed by atoms with Crippen LogP contribution in [0.5, 0.6) is 0 Å². The fourth-order valence-corrected chi connectivity index (χ4v) is 4.64. The maximum atomic E-state index is 10.4. The number of hydrogen-bond acceptors (Lipinski definition) is 9. The Morgan fingerprint density at radius 3 is 2.19 bits per heavy atom. The summed E-state index contributed by atoms with van der Waals surface area (Å²) < 4.78 is 35.5. The van der Waals surface area contributed by atoms with Crippen LogP contribution in [-0.4, -0.2) is 97.1 Å². The van der Waals surface area contributed by atoms with E-state index in [4.69, 9.17) is 28.4 Å². The molecule has 3 N–H and O–H groups in total. The van der Waals surface area contributed by atoms with Crippen LogP contribution in [-0.2, 0) is 28.4 Å². The lowest BCUT2D eigenvalue weighted by Crippen LogP contribution is -2.53. The third-order valence-electron chi connectivity index (χ3n) is 6.40. The zero-order chi connectivity index (χ0) is 22.5. The van der Waals surface area contributed by atoms with Crippen LogP contribution < -0.4 is 0 Å². The molecular weight excluding hydrogens is 408 g/mol. The molecule has 10 unspecified atom stereocenters. The molecule has 0 aliphatic carbocycles. The van der Waals surface area contributed by atoms with Gasteiger partial charge in [0.2, 0.25) is 0 Å². The van der Waals surface area contributed by atoms with E-state index in [-0.39, 0.29) is 43.7 Å². The molecule has 0 saturated carbocycles. The lowest BCUT2D eigenvalue weighted by molar-refractivity contribution is -0.295. The Hall–Kier alpha value is -0.360. The van der Waals surface area contributed by atoms with E-state index in [0.29, 0.717) is 31.6 Å². The monoisotopic (exact) mass is 448 g/mol. The van der Waals surface area contributed by atoms with Gasteiger partial charge in [0, 0.05) is 39.2 Å². The second-order valence-electron chi connectivity index (χ2n) is 9.38. The zero-order valence-corrected chi connectivity index (χ0v) is 19.1. The van der Waals surface area contributed by atoms with Crippen LogP contribution in [0.25, 0.3) is 0 Å². The average molecular weight is 449 g/mol. The summed E-state index contributed by atoms with van der Waals surface area (Å²) in [4.78, 5) is 0. The van der Waals surface area contributed by atoms with Crippen molar-refractivity contribution in [1.29, 1.82) is 0 Å². The Kier molecular flexibility index (Phi) is 9.51. The summed E-state index contributed by atoms with van der Waals surface area (Å²) >= 11 is 0. The Morgan fingerprint density at radius 1 is 0.903 bits per heavy atom. The molecule has 182 valence electrons. The first kappa shape index (κ1) is 25.3. The second kappa shape index (κ2) is 11.7. The maximum Gasteiger partial charge on any atom is 0.161 e. The molecule has 3 heterocycles. The van der Waals surface area contributed by atoms with Crippen molar-refractivity contribution in [3.63, 3.8) is 0 Å². The van der Waals surface area contributed by atoms with E-state index in [2.05, 4.69) is 13.8 Å². The standard InChI is InChI=1S/C22H40O9/c1-12(2)18-9-19(26-4)22(13(3)28-18)31-21-8-15(25)6-17(30-21)11-27-20-7-14(24)5-16(10-23)29-20/h12-25H,5-11H2,1-4H3. The molecule has 0 bridgehead atoms. The van der Waals surface area contributed by atoms with Gasteiger partial charge in [0.1, 0.15) is 6.10 Å². The van der Waals surface area contributed by atoms with Crippen LogP contribution in [0, 0.1) is 5.92 Å². The summed E-state index contributed by atoms with van der Waals surface area (Å²) in [5.41, 5.74) is 0. The largest absolute Gasteiger partial charge is 0.394 e. The number of methoxy groups -OCH3 is 1. The third-order valence-corrected chi connectivity index (χ3v) is 6.40. The second-order valence-corrected chi connectivity index (χ2v) is 9.38. The first-order valence-electron chi connectivity index (χ1n) is 11.5. The van der Waals surface area contributed by atoms with E-state index in [0.717, 1.165) is 6.42 Å². The predicted octanol–water partition coefficient (Wildman–Crippen LogP) is 0.961. The molecule has 9 heteroatoms. The number of hydrogen-bond donors (Lipinski definition) is 3. The third kappa shape index (κ3) is 7.06. The number of aliphatic hydroxyl groups excluding tert-OH is 3. The number of aliphatic hydroxyl groups is 3. The highest BCUT2D eigenvalue weighted by atomic mass is 16.7. The lowest BCUT2D eigenvalue weighted by atomic mass is 9.92. The minimum absolute atomic E-state index is 0.110. The van der Waals surface area contributed by atoms with Gasteiger partial charge in [0.15, 0.2) is 12.6 Å². The van der Waals surface area contributed by atoms with Gasteiger partial charge in [-0.15, -0.1) is 0 Å². The molecule has 10 atom stereocenters. The van der Waals surface area contributed by atoms with Gasteiger partial charge in [0.05, 0.1) is 55.9 Å². The summed E-state index contributed by atoms with van der Waals surface area (Å²) in [5.74, 6) is 0.390. The van der Waals surface area contributed by atoms with Gasteiger partial charge in [-0.1, -0.05) is 13.8 Å². The predicted molar refractivity (Wildman–Crippen MR) is 110 cm³/mol. The van der Waals surface area contributed by atoms with Crippen molar-refractivity contribution in [2.75, 3.05) is 20.3 Å². The van der Waals surface area contributed by atoms with Crippen molar-refractivity contribution < 1.29 is 43.7 Å². The summed E-state index contributed by atoms with van der Waals surface area (Å²) in [7, 11) is 1.68. The summed E-state index contributed by atoms with van der Waals surface area (Å²) in [6, 6.07) is 0. The van der Waals surface area contributed by atoms with Crippen LogP contribution >= 0.6 is 0 Å². The highest BCUT2D eigenvalue weighted by molar-refractivity contribution is 4.88. The van der Waals surface area contributed by atoms with Crippen LogP contribution in [0.3, 0.4) is 0 Å². The van der Waals surface area contributed by atoms with Gasteiger partial charge >= 0.3 is 0 Å². The van der Waals surface area contributed by atoms with Gasteiger partial charge < -0.3 is 43.7 Å². The molecule has 9 nitrogen and oxygen atoms in total. The van der Waals surface area contributed by atoms with E-state index >= 15 is 0 Å². The van der Waals surface area contributed by atoms with Gasteiger partial charge in [-0.25, -0.2) is 0 Å². The Morgan fingerprint density at radius 2 is 1.55 bits per heavy atom. The SMILES string of the molecule is COC1CC(C(C)C)OC(C)C1OC1CC(O)CC(COC2CC(O)CC(CO)O2)O1. The fourth-order valence-electron chi connectivity index (χ4n) is 4.64. The first-order chi connectivity index (χ1) is 14.8. The van der Waals surface area contributed by atoms with E-state index < -0.39 is 30.9 Å². The van der Waals surface area contributed by atoms with E-state index in [1.54, 1.807) is 7.11 Å². The van der Waals surface area contributed by atoms with Crippen molar-refractivity contribution >= 4 is 0 Å². The van der Waals surface area contributed by atoms with E-state index in [1.165, 1.54) is 0 Å². The molecule has 0 aromatic heterocycles. The lowest BCUT2D eigenvalue weighted by Gasteiger charge is -2.44. The van der Waals surface area contributed by atoms with Crippen molar-refractivity contribution in [3.05, 3.63) is 0 Å². The van der Waals surface area contributed by atoms with Crippen molar-refractivity contribution in [2.24, 2.45) is 5.92 Å². The molecule has 3 saturated heterocycles. The molecule has 3 aliphatic heterocycles. The van der Waals surface area contributed by atoms with Gasteiger partial charge in [-0.3, -0.25) is 0 Å².